The molecule has 0 radical (unpaired) electrons. The van der Waals surface area contributed by atoms with E-state index in [1.165, 1.54) is 12.1 Å². The van der Waals surface area contributed by atoms with Crippen molar-refractivity contribution in [2.75, 3.05) is 31.2 Å². The molecule has 5 rings (SSSR count). The van der Waals surface area contributed by atoms with Crippen LogP contribution in [0.5, 0.6) is 0 Å². The van der Waals surface area contributed by atoms with Crippen molar-refractivity contribution < 1.29 is 17.9 Å². The molecule has 0 saturated carbocycles. The van der Waals surface area contributed by atoms with Gasteiger partial charge in [0.1, 0.15) is 17.0 Å². The molecule has 1 aromatic carbocycles. The number of hydrogen-bond donors (Lipinski definition) is 1. The highest BCUT2D eigenvalue weighted by Gasteiger charge is 2.30. The van der Waals surface area contributed by atoms with Crippen molar-refractivity contribution in [3.05, 3.63) is 60.4 Å². The third kappa shape index (κ3) is 3.72. The summed E-state index contributed by atoms with van der Waals surface area (Å²) in [7, 11) is 0. The van der Waals surface area contributed by atoms with Crippen LogP contribution in [0.1, 0.15) is 5.56 Å². The molecule has 158 valence electrons. The quantitative estimate of drug-likeness (QED) is 0.522. The summed E-state index contributed by atoms with van der Waals surface area (Å²) in [5.41, 5.74) is 2.33. The van der Waals surface area contributed by atoms with Crippen LogP contribution in [0.15, 0.2) is 54.9 Å². The fraction of sp³-hybridized carbons (Fsp3) is 0.227. The SMILES string of the molecule is FC(F)(F)c1cccc(-c2cc(N3CCOCC3)nc3c(-c4ccn[nH]4)nccc23)c1. The van der Waals surface area contributed by atoms with Gasteiger partial charge in [-0.1, -0.05) is 12.1 Å². The Labute approximate surface area is 175 Å². The van der Waals surface area contributed by atoms with Crippen LogP contribution < -0.4 is 4.90 Å². The molecule has 9 heteroatoms. The van der Waals surface area contributed by atoms with E-state index >= 15 is 0 Å². The van der Waals surface area contributed by atoms with Crippen molar-refractivity contribution in [2.45, 2.75) is 6.18 Å². The molecule has 31 heavy (non-hydrogen) atoms. The minimum atomic E-state index is -4.42. The van der Waals surface area contributed by atoms with E-state index in [0.717, 1.165) is 11.5 Å². The van der Waals surface area contributed by atoms with Gasteiger partial charge >= 0.3 is 6.18 Å². The minimum absolute atomic E-state index is 0.471. The second-order valence-electron chi connectivity index (χ2n) is 7.23. The molecule has 6 nitrogen and oxygen atoms in total. The third-order valence-corrected chi connectivity index (χ3v) is 5.31. The first kappa shape index (κ1) is 19.5. The van der Waals surface area contributed by atoms with Crippen LogP contribution in [-0.2, 0) is 10.9 Å². The molecule has 1 aliphatic heterocycles. The van der Waals surface area contributed by atoms with Gasteiger partial charge in [0, 0.05) is 30.9 Å². The second-order valence-corrected chi connectivity index (χ2v) is 7.23. The highest BCUT2D eigenvalue weighted by atomic mass is 19.4. The summed E-state index contributed by atoms with van der Waals surface area (Å²) < 4.78 is 45.5. The monoisotopic (exact) mass is 425 g/mol. The number of nitrogens with zero attached hydrogens (tertiary/aromatic N) is 4. The largest absolute Gasteiger partial charge is 0.416 e. The average Bonchev–Trinajstić information content (AvgIpc) is 3.33. The van der Waals surface area contributed by atoms with E-state index in [2.05, 4.69) is 20.1 Å². The number of fused-ring (bicyclic) bond motifs is 1. The predicted molar refractivity (Wildman–Crippen MR) is 111 cm³/mol. The number of aromatic amines is 1. The van der Waals surface area contributed by atoms with Crippen molar-refractivity contribution in [3.8, 4) is 22.5 Å². The van der Waals surface area contributed by atoms with Crippen LogP contribution in [0.25, 0.3) is 33.4 Å². The van der Waals surface area contributed by atoms with Crippen LogP contribution in [0.2, 0.25) is 0 Å². The lowest BCUT2D eigenvalue weighted by Crippen LogP contribution is -2.36. The molecular weight excluding hydrogens is 407 g/mol. The van der Waals surface area contributed by atoms with Crippen molar-refractivity contribution in [3.63, 3.8) is 0 Å². The predicted octanol–water partition coefficient (Wildman–Crippen LogP) is 4.54. The lowest BCUT2D eigenvalue weighted by Gasteiger charge is -2.28. The molecule has 4 aromatic rings. The normalized spacial score (nSPS) is 14.9. The van der Waals surface area contributed by atoms with Gasteiger partial charge in [0.15, 0.2) is 0 Å². The number of alkyl halides is 3. The molecule has 1 aliphatic rings. The first-order valence-electron chi connectivity index (χ1n) is 9.80. The lowest BCUT2D eigenvalue weighted by molar-refractivity contribution is -0.137. The fourth-order valence-corrected chi connectivity index (χ4v) is 3.78. The molecule has 0 spiro atoms. The zero-order chi connectivity index (χ0) is 21.4. The average molecular weight is 425 g/mol. The molecule has 0 aliphatic carbocycles. The number of ether oxygens (including phenoxy) is 1. The van der Waals surface area contributed by atoms with Crippen molar-refractivity contribution >= 4 is 16.7 Å². The van der Waals surface area contributed by atoms with Crippen LogP contribution >= 0.6 is 0 Å². The number of aromatic nitrogens is 4. The van der Waals surface area contributed by atoms with Gasteiger partial charge in [-0.15, -0.1) is 0 Å². The Morgan fingerprint density at radius 3 is 2.58 bits per heavy atom. The molecule has 1 fully saturated rings. The summed E-state index contributed by atoms with van der Waals surface area (Å²) >= 11 is 0. The number of morpholine rings is 1. The molecule has 0 amide bonds. The molecule has 0 bridgehead atoms. The van der Waals surface area contributed by atoms with Crippen molar-refractivity contribution in [1.82, 2.24) is 20.2 Å². The Morgan fingerprint density at radius 1 is 1.00 bits per heavy atom. The van der Waals surface area contributed by atoms with Crippen LogP contribution in [-0.4, -0.2) is 46.5 Å². The van der Waals surface area contributed by atoms with Crippen LogP contribution in [0.3, 0.4) is 0 Å². The number of H-pyrrole nitrogens is 1. The zero-order valence-electron chi connectivity index (χ0n) is 16.4. The van der Waals surface area contributed by atoms with E-state index in [1.54, 1.807) is 30.6 Å². The Hall–Kier alpha value is -3.46. The molecule has 3 aromatic heterocycles. The maximum Gasteiger partial charge on any atom is 0.416 e. The van der Waals surface area contributed by atoms with E-state index in [1.807, 2.05) is 6.07 Å². The number of hydrogen-bond acceptors (Lipinski definition) is 5. The standard InChI is InChI=1S/C22H18F3N5O/c23-22(24,25)15-3-1-2-14(12-15)17-13-19(30-8-10-31-11-9-30)28-20-16(17)4-6-26-21(20)18-5-7-27-29-18/h1-7,12-13H,8-11H2,(H,27,29). The maximum atomic E-state index is 13.4. The summed E-state index contributed by atoms with van der Waals surface area (Å²) in [6, 6.07) is 10.8. The van der Waals surface area contributed by atoms with Gasteiger partial charge in [-0.2, -0.15) is 18.3 Å². The van der Waals surface area contributed by atoms with Gasteiger partial charge in [-0.05, 0) is 41.5 Å². The summed E-state index contributed by atoms with van der Waals surface area (Å²) in [5, 5.41) is 7.61. The number of anilines is 1. The fourth-order valence-electron chi connectivity index (χ4n) is 3.78. The smallest absolute Gasteiger partial charge is 0.378 e. The molecule has 1 N–H and O–H groups in total. The molecule has 1 saturated heterocycles. The Balaban J connectivity index is 1.76. The number of benzene rings is 1. The highest BCUT2D eigenvalue weighted by Crippen LogP contribution is 2.37. The molecular formula is C22H18F3N5O. The van der Waals surface area contributed by atoms with Gasteiger partial charge in [-0.3, -0.25) is 10.1 Å². The number of nitrogens with one attached hydrogen (secondary N) is 1. The Morgan fingerprint density at radius 2 is 1.84 bits per heavy atom. The summed E-state index contributed by atoms with van der Waals surface area (Å²) in [4.78, 5) is 11.4. The second kappa shape index (κ2) is 7.66. The first-order valence-corrected chi connectivity index (χ1v) is 9.80. The zero-order valence-corrected chi connectivity index (χ0v) is 16.4. The topological polar surface area (TPSA) is 66.9 Å². The number of pyridine rings is 2. The minimum Gasteiger partial charge on any atom is -0.378 e. The van der Waals surface area contributed by atoms with Gasteiger partial charge in [-0.25, -0.2) is 4.98 Å². The van der Waals surface area contributed by atoms with E-state index < -0.39 is 11.7 Å². The van der Waals surface area contributed by atoms with E-state index in [-0.39, 0.29) is 0 Å². The molecule has 4 heterocycles. The van der Waals surface area contributed by atoms with E-state index in [4.69, 9.17) is 9.72 Å². The molecule has 0 unspecified atom stereocenters. The Kier molecular flexibility index (Phi) is 4.82. The summed E-state index contributed by atoms with van der Waals surface area (Å²) in [5.74, 6) is 0.678. The van der Waals surface area contributed by atoms with E-state index in [9.17, 15) is 13.2 Å². The summed E-state index contributed by atoms with van der Waals surface area (Å²) in [6.45, 7) is 2.44. The lowest BCUT2D eigenvalue weighted by atomic mass is 9.98. The van der Waals surface area contributed by atoms with Gasteiger partial charge in [0.2, 0.25) is 0 Å². The van der Waals surface area contributed by atoms with Crippen LogP contribution in [0, 0.1) is 0 Å². The number of halogens is 3. The van der Waals surface area contributed by atoms with Gasteiger partial charge in [0.25, 0.3) is 0 Å². The first-order chi connectivity index (χ1) is 15.0. The third-order valence-electron chi connectivity index (χ3n) is 5.31. The number of rotatable bonds is 3. The highest BCUT2D eigenvalue weighted by molar-refractivity contribution is 6.01. The van der Waals surface area contributed by atoms with Gasteiger partial charge < -0.3 is 9.64 Å². The van der Waals surface area contributed by atoms with Gasteiger partial charge in [0.05, 0.1) is 24.5 Å². The van der Waals surface area contributed by atoms with Crippen molar-refractivity contribution in [1.29, 1.82) is 0 Å². The van der Waals surface area contributed by atoms with E-state index in [0.29, 0.717) is 60.2 Å². The maximum absolute atomic E-state index is 13.4. The van der Waals surface area contributed by atoms with Crippen LogP contribution in [0.4, 0.5) is 19.0 Å². The summed E-state index contributed by atoms with van der Waals surface area (Å²) in [6.07, 6.45) is -1.17. The Bertz CT molecular complexity index is 1220. The van der Waals surface area contributed by atoms with Crippen molar-refractivity contribution in [2.24, 2.45) is 0 Å². The molecule has 0 atom stereocenters.